The molecule has 0 aliphatic carbocycles. The van der Waals surface area contributed by atoms with E-state index in [4.69, 9.17) is 6.42 Å². The second-order valence-corrected chi connectivity index (χ2v) is 9.21. The second-order valence-electron chi connectivity index (χ2n) is 7.22. The van der Waals surface area contributed by atoms with Gasteiger partial charge in [0.2, 0.25) is 16.0 Å². The van der Waals surface area contributed by atoms with Crippen LogP contribution in [0.3, 0.4) is 0 Å². The summed E-state index contributed by atoms with van der Waals surface area (Å²) in [6, 6.07) is 10.7. The zero-order chi connectivity index (χ0) is 21.3. The van der Waals surface area contributed by atoms with Crippen molar-refractivity contribution in [2.75, 3.05) is 24.7 Å². The van der Waals surface area contributed by atoms with Crippen LogP contribution < -0.4 is 10.9 Å². The average molecular weight is 423 g/mol. The first-order valence-corrected chi connectivity index (χ1v) is 11.4. The number of para-hydroxylation sites is 1. The summed E-state index contributed by atoms with van der Waals surface area (Å²) >= 11 is 0. The highest BCUT2D eigenvalue weighted by Crippen LogP contribution is 2.21. The fourth-order valence-corrected chi connectivity index (χ4v) is 4.51. The number of fused-ring (bicyclic) bond motifs is 1. The van der Waals surface area contributed by atoms with E-state index >= 15 is 0 Å². The number of nitrogens with zero attached hydrogens (tertiary/aromatic N) is 4. The van der Waals surface area contributed by atoms with Crippen LogP contribution in [0.25, 0.3) is 16.7 Å². The van der Waals surface area contributed by atoms with Crippen LogP contribution in [-0.4, -0.2) is 52.6 Å². The monoisotopic (exact) mass is 423 g/mol. The molecule has 3 aromatic rings. The van der Waals surface area contributed by atoms with Crippen LogP contribution in [0.1, 0.15) is 18.4 Å². The van der Waals surface area contributed by atoms with E-state index in [9.17, 15) is 13.2 Å². The topological polar surface area (TPSA) is 97.2 Å². The smallest absolute Gasteiger partial charge is 0.258 e. The van der Waals surface area contributed by atoms with E-state index in [1.54, 1.807) is 6.20 Å². The second kappa shape index (κ2) is 7.89. The first kappa shape index (κ1) is 20.1. The first-order chi connectivity index (χ1) is 14.4. The molecule has 0 unspecified atom stereocenters. The Bertz CT molecular complexity index is 1290. The molecule has 1 aliphatic rings. The molecule has 1 fully saturated rings. The third-order valence-electron chi connectivity index (χ3n) is 5.18. The molecule has 1 N–H and O–H groups in total. The molecule has 154 valence electrons. The molecular weight excluding hydrogens is 402 g/mol. The van der Waals surface area contributed by atoms with Crippen LogP contribution in [0, 0.1) is 12.3 Å². The van der Waals surface area contributed by atoms with Gasteiger partial charge in [0, 0.05) is 37.0 Å². The number of aromatic nitrogens is 3. The van der Waals surface area contributed by atoms with Gasteiger partial charge in [-0.1, -0.05) is 24.1 Å². The lowest BCUT2D eigenvalue weighted by Crippen LogP contribution is -2.42. The Morgan fingerprint density at radius 1 is 1.20 bits per heavy atom. The van der Waals surface area contributed by atoms with Crippen molar-refractivity contribution in [3.8, 4) is 18.0 Å². The van der Waals surface area contributed by atoms with Gasteiger partial charge in [-0.2, -0.15) is 4.98 Å². The summed E-state index contributed by atoms with van der Waals surface area (Å²) in [5, 5.41) is 3.88. The molecule has 8 nitrogen and oxygen atoms in total. The van der Waals surface area contributed by atoms with Gasteiger partial charge >= 0.3 is 0 Å². The molecule has 0 atom stereocenters. The lowest BCUT2D eigenvalue weighted by Gasteiger charge is -2.30. The van der Waals surface area contributed by atoms with Gasteiger partial charge in [-0.3, -0.25) is 9.36 Å². The van der Waals surface area contributed by atoms with Crippen LogP contribution >= 0.6 is 0 Å². The Morgan fingerprint density at radius 2 is 1.90 bits per heavy atom. The van der Waals surface area contributed by atoms with Crippen molar-refractivity contribution in [2.24, 2.45) is 0 Å². The molecule has 30 heavy (non-hydrogen) atoms. The van der Waals surface area contributed by atoms with Crippen molar-refractivity contribution < 1.29 is 8.42 Å². The number of terminal acetylenes is 1. The third kappa shape index (κ3) is 3.92. The Labute approximate surface area is 174 Å². The minimum atomic E-state index is -3.18. The predicted octanol–water partition coefficient (Wildman–Crippen LogP) is 1.60. The van der Waals surface area contributed by atoms with E-state index in [-0.39, 0.29) is 11.6 Å². The van der Waals surface area contributed by atoms with Crippen molar-refractivity contribution in [3.05, 3.63) is 58.5 Å². The van der Waals surface area contributed by atoms with E-state index in [1.807, 2.05) is 30.3 Å². The Morgan fingerprint density at radius 3 is 2.53 bits per heavy atom. The number of nitrogens with one attached hydrogen (secondary N) is 1. The van der Waals surface area contributed by atoms with Crippen molar-refractivity contribution in [1.29, 1.82) is 0 Å². The molecule has 1 aromatic carbocycles. The van der Waals surface area contributed by atoms with Crippen LogP contribution in [0.4, 0.5) is 5.95 Å². The molecule has 3 heterocycles. The average Bonchev–Trinajstić information content (AvgIpc) is 2.73. The largest absolute Gasteiger partial charge is 0.351 e. The normalized spacial score (nSPS) is 15.7. The van der Waals surface area contributed by atoms with E-state index < -0.39 is 10.0 Å². The summed E-state index contributed by atoms with van der Waals surface area (Å²) in [6.45, 7) is 0.889. The standard InChI is InChI=1S/C21H21N5O3S/c1-3-15-13-19(27)26(17-7-5-4-6-8-17)20-18(15)14-22-21(24-20)23-16-9-11-25(12-10-16)30(2,28)29/h1,4-8,13-14,16H,9-12H2,2H3,(H,22,23,24). The molecule has 0 bridgehead atoms. The summed E-state index contributed by atoms with van der Waals surface area (Å²) in [5.41, 5.74) is 1.28. The summed E-state index contributed by atoms with van der Waals surface area (Å²) in [4.78, 5) is 21.7. The quantitative estimate of drug-likeness (QED) is 0.640. The summed E-state index contributed by atoms with van der Waals surface area (Å²) in [6.07, 6.45) is 9.71. The minimum absolute atomic E-state index is 0.0353. The Hall–Kier alpha value is -3.22. The maximum absolute atomic E-state index is 12.8. The maximum Gasteiger partial charge on any atom is 0.258 e. The lowest BCUT2D eigenvalue weighted by atomic mass is 10.1. The van der Waals surface area contributed by atoms with Gasteiger partial charge in [-0.05, 0) is 25.0 Å². The van der Waals surface area contributed by atoms with E-state index in [0.717, 1.165) is 0 Å². The molecule has 0 radical (unpaired) electrons. The van der Waals surface area contributed by atoms with Gasteiger partial charge in [0.15, 0.2) is 5.65 Å². The molecule has 0 spiro atoms. The highest BCUT2D eigenvalue weighted by atomic mass is 32.2. The van der Waals surface area contributed by atoms with Crippen molar-refractivity contribution in [1.82, 2.24) is 18.8 Å². The lowest BCUT2D eigenvalue weighted by molar-refractivity contribution is 0.331. The van der Waals surface area contributed by atoms with Gasteiger partial charge in [0.1, 0.15) is 0 Å². The summed E-state index contributed by atoms with van der Waals surface area (Å²) in [7, 11) is -3.18. The molecule has 1 saturated heterocycles. The molecule has 4 rings (SSSR count). The van der Waals surface area contributed by atoms with E-state index in [0.29, 0.717) is 54.2 Å². The van der Waals surface area contributed by atoms with Gasteiger partial charge < -0.3 is 5.32 Å². The number of benzene rings is 1. The minimum Gasteiger partial charge on any atom is -0.351 e. The van der Waals surface area contributed by atoms with Gasteiger partial charge in [-0.25, -0.2) is 17.7 Å². The Kier molecular flexibility index (Phi) is 5.28. The maximum atomic E-state index is 12.8. The number of hydrogen-bond acceptors (Lipinski definition) is 6. The van der Waals surface area contributed by atoms with Crippen LogP contribution in [0.5, 0.6) is 0 Å². The number of sulfonamides is 1. The van der Waals surface area contributed by atoms with Crippen molar-refractivity contribution in [2.45, 2.75) is 18.9 Å². The Balaban J connectivity index is 1.70. The SMILES string of the molecule is C#Cc1cc(=O)n(-c2ccccc2)c2nc(NC3CCN(S(C)(=O)=O)CC3)ncc12. The molecule has 2 aromatic heterocycles. The molecular formula is C21H21N5O3S. The summed E-state index contributed by atoms with van der Waals surface area (Å²) < 4.78 is 26.4. The number of rotatable bonds is 4. The van der Waals surface area contributed by atoms with Crippen LogP contribution in [0.15, 0.2) is 47.4 Å². The first-order valence-electron chi connectivity index (χ1n) is 9.53. The fourth-order valence-electron chi connectivity index (χ4n) is 3.63. The van der Waals surface area contributed by atoms with Crippen LogP contribution in [-0.2, 0) is 10.0 Å². The van der Waals surface area contributed by atoms with Gasteiger partial charge in [-0.15, -0.1) is 6.42 Å². The van der Waals surface area contributed by atoms with Crippen LogP contribution in [0.2, 0.25) is 0 Å². The van der Waals surface area contributed by atoms with Crippen molar-refractivity contribution >= 4 is 27.0 Å². The zero-order valence-electron chi connectivity index (χ0n) is 16.4. The molecule has 1 aliphatic heterocycles. The predicted molar refractivity (Wildman–Crippen MR) is 116 cm³/mol. The number of hydrogen-bond donors (Lipinski definition) is 1. The van der Waals surface area contributed by atoms with Crippen molar-refractivity contribution in [3.63, 3.8) is 0 Å². The highest BCUT2D eigenvalue weighted by Gasteiger charge is 2.25. The van der Waals surface area contributed by atoms with E-state index in [2.05, 4.69) is 21.2 Å². The number of piperidine rings is 1. The number of pyridine rings is 1. The zero-order valence-corrected chi connectivity index (χ0v) is 17.3. The summed E-state index contributed by atoms with van der Waals surface area (Å²) in [5.74, 6) is 2.91. The molecule has 0 amide bonds. The molecule has 9 heteroatoms. The van der Waals surface area contributed by atoms with E-state index in [1.165, 1.54) is 21.2 Å². The third-order valence-corrected chi connectivity index (χ3v) is 6.49. The number of anilines is 1. The molecule has 0 saturated carbocycles. The van der Waals surface area contributed by atoms with Gasteiger partial charge in [0.25, 0.3) is 5.56 Å². The van der Waals surface area contributed by atoms with Gasteiger partial charge in [0.05, 0.1) is 17.3 Å². The highest BCUT2D eigenvalue weighted by molar-refractivity contribution is 7.88. The fraction of sp³-hybridized carbons (Fsp3) is 0.286.